The van der Waals surface area contributed by atoms with E-state index in [1.165, 1.54) is 0 Å². The third kappa shape index (κ3) is 8.81. The number of carbonyl (C=O) groups is 3. The topological polar surface area (TPSA) is 119 Å². The summed E-state index contributed by atoms with van der Waals surface area (Å²) in [4.78, 5) is 35.4. The van der Waals surface area contributed by atoms with Crippen molar-refractivity contribution in [2.45, 2.75) is 0 Å². The minimum Gasteiger partial charge on any atom is -0.481 e. The van der Waals surface area contributed by atoms with Crippen LogP contribution in [0.2, 0.25) is 0 Å². The average Bonchev–Trinajstić information content (AvgIpc) is 2.02. The number of hydrogen-bond donors (Lipinski definition) is 3. The molecular formula is C6H10N2O5S. The predicted octanol–water partition coefficient (Wildman–Crippen LogP) is -1.66. The number of aliphatic carboxylic acids is 1. The summed E-state index contributed by atoms with van der Waals surface area (Å²) < 4.78 is 0. The van der Waals surface area contributed by atoms with E-state index in [2.05, 4.69) is 4.84 Å². The molecule has 0 saturated carbocycles. The summed E-state index contributed by atoms with van der Waals surface area (Å²) in [7, 11) is 0. The molecule has 80 valence electrons. The van der Waals surface area contributed by atoms with Crippen LogP contribution in [0.5, 0.6) is 0 Å². The van der Waals surface area contributed by atoms with Crippen molar-refractivity contribution in [3.8, 4) is 0 Å². The van der Waals surface area contributed by atoms with Crippen LogP contribution in [0.1, 0.15) is 0 Å². The molecule has 0 bridgehead atoms. The molecule has 0 aromatic carbocycles. The molecule has 0 unspecified atom stereocenters. The van der Waals surface area contributed by atoms with Gasteiger partial charge in [0.1, 0.15) is 0 Å². The Kier molecular flexibility index (Phi) is 6.50. The van der Waals surface area contributed by atoms with E-state index in [1.54, 1.807) is 0 Å². The van der Waals surface area contributed by atoms with Crippen LogP contribution >= 0.6 is 11.8 Å². The van der Waals surface area contributed by atoms with Gasteiger partial charge in [-0.05, 0) is 0 Å². The second kappa shape index (κ2) is 7.15. The van der Waals surface area contributed by atoms with E-state index >= 15 is 0 Å². The van der Waals surface area contributed by atoms with Crippen molar-refractivity contribution in [2.75, 3.05) is 18.1 Å². The highest BCUT2D eigenvalue weighted by Crippen LogP contribution is 1.97. The molecule has 0 spiro atoms. The lowest BCUT2D eigenvalue weighted by molar-refractivity contribution is -0.136. The number of amides is 2. The highest BCUT2D eigenvalue weighted by atomic mass is 32.2. The second-order valence-electron chi connectivity index (χ2n) is 2.17. The number of hydroxylamine groups is 1. The van der Waals surface area contributed by atoms with Crippen molar-refractivity contribution in [1.29, 1.82) is 0 Å². The summed E-state index contributed by atoms with van der Waals surface area (Å²) in [6, 6.07) is 0. The van der Waals surface area contributed by atoms with Gasteiger partial charge in [-0.1, -0.05) is 0 Å². The van der Waals surface area contributed by atoms with E-state index in [0.29, 0.717) is 0 Å². The Hall–Kier alpha value is -1.28. The molecule has 14 heavy (non-hydrogen) atoms. The smallest absolute Gasteiger partial charge is 0.313 e. The molecule has 0 atom stereocenters. The number of nitrogens with one attached hydrogen (secondary N) is 1. The fourth-order valence-corrected chi connectivity index (χ4v) is 0.969. The fourth-order valence-electron chi connectivity index (χ4n) is 0.448. The summed E-state index contributed by atoms with van der Waals surface area (Å²) in [5.74, 6) is -2.43. The van der Waals surface area contributed by atoms with Crippen LogP contribution in [0.25, 0.3) is 0 Å². The lowest BCUT2D eigenvalue weighted by Crippen LogP contribution is -2.30. The van der Waals surface area contributed by atoms with Crippen molar-refractivity contribution in [3.05, 3.63) is 0 Å². The van der Waals surface area contributed by atoms with E-state index in [-0.39, 0.29) is 11.5 Å². The molecule has 2 amide bonds. The quantitative estimate of drug-likeness (QED) is 0.443. The molecule has 0 rings (SSSR count). The van der Waals surface area contributed by atoms with E-state index < -0.39 is 24.4 Å². The van der Waals surface area contributed by atoms with Crippen molar-refractivity contribution >= 4 is 29.5 Å². The van der Waals surface area contributed by atoms with Gasteiger partial charge >= 0.3 is 5.97 Å². The molecule has 4 N–H and O–H groups in total. The van der Waals surface area contributed by atoms with Crippen LogP contribution in [0.4, 0.5) is 0 Å². The van der Waals surface area contributed by atoms with Gasteiger partial charge in [0.15, 0.2) is 6.61 Å². The monoisotopic (exact) mass is 222 g/mol. The SMILES string of the molecule is NC(=O)CONC(=O)CSCC(=O)O. The van der Waals surface area contributed by atoms with Crippen LogP contribution in [-0.2, 0) is 19.2 Å². The zero-order chi connectivity index (χ0) is 11.0. The summed E-state index contributed by atoms with van der Waals surface area (Å²) in [6.45, 7) is -0.407. The molecule has 0 fully saturated rings. The first-order chi connectivity index (χ1) is 6.52. The Morgan fingerprint density at radius 1 is 1.36 bits per heavy atom. The molecule has 0 aliphatic heterocycles. The highest BCUT2D eigenvalue weighted by molar-refractivity contribution is 8.00. The molecule has 0 saturated heterocycles. The second-order valence-corrected chi connectivity index (χ2v) is 3.15. The molecule has 0 aliphatic carbocycles. The van der Waals surface area contributed by atoms with Crippen LogP contribution in [0.3, 0.4) is 0 Å². The summed E-state index contributed by atoms with van der Waals surface area (Å²) >= 11 is 0.921. The normalized spacial score (nSPS) is 9.43. The van der Waals surface area contributed by atoms with Crippen LogP contribution in [0, 0.1) is 0 Å². The summed E-state index contributed by atoms with van der Waals surface area (Å²) in [5, 5.41) is 8.23. The van der Waals surface area contributed by atoms with Crippen LogP contribution < -0.4 is 11.2 Å². The Morgan fingerprint density at radius 2 is 2.00 bits per heavy atom. The number of nitrogens with two attached hydrogens (primary N) is 1. The van der Waals surface area contributed by atoms with Crippen molar-refractivity contribution in [1.82, 2.24) is 5.48 Å². The van der Waals surface area contributed by atoms with Crippen molar-refractivity contribution in [3.63, 3.8) is 0 Å². The number of carboxylic acids is 1. The first kappa shape index (κ1) is 12.7. The van der Waals surface area contributed by atoms with Gasteiger partial charge < -0.3 is 10.8 Å². The van der Waals surface area contributed by atoms with Gasteiger partial charge in [-0.25, -0.2) is 5.48 Å². The van der Waals surface area contributed by atoms with E-state index in [9.17, 15) is 14.4 Å². The Morgan fingerprint density at radius 3 is 2.50 bits per heavy atom. The number of primary amides is 1. The molecular weight excluding hydrogens is 212 g/mol. The lowest BCUT2D eigenvalue weighted by atomic mass is 10.7. The molecule has 7 nitrogen and oxygen atoms in total. The molecule has 0 aromatic heterocycles. The van der Waals surface area contributed by atoms with E-state index in [1.807, 2.05) is 5.48 Å². The van der Waals surface area contributed by atoms with Crippen molar-refractivity contribution in [2.24, 2.45) is 5.73 Å². The van der Waals surface area contributed by atoms with E-state index in [4.69, 9.17) is 10.8 Å². The van der Waals surface area contributed by atoms with Crippen LogP contribution in [-0.4, -0.2) is 41.0 Å². The van der Waals surface area contributed by atoms with Crippen molar-refractivity contribution < 1.29 is 24.3 Å². The third-order valence-corrected chi connectivity index (χ3v) is 1.78. The van der Waals surface area contributed by atoms with Gasteiger partial charge in [0, 0.05) is 0 Å². The maximum atomic E-state index is 10.8. The Bertz CT molecular complexity index is 210. The predicted molar refractivity (Wildman–Crippen MR) is 48.2 cm³/mol. The molecule has 0 radical (unpaired) electrons. The van der Waals surface area contributed by atoms with Gasteiger partial charge in [-0.2, -0.15) is 0 Å². The van der Waals surface area contributed by atoms with Gasteiger partial charge in [-0.3, -0.25) is 19.2 Å². The molecule has 0 aliphatic rings. The highest BCUT2D eigenvalue weighted by Gasteiger charge is 2.04. The number of hydrogen-bond acceptors (Lipinski definition) is 5. The number of carboxylic acid groups (broad SMARTS) is 1. The summed E-state index contributed by atoms with van der Waals surface area (Å²) in [6.07, 6.45) is 0. The van der Waals surface area contributed by atoms with Gasteiger partial charge in [-0.15, -0.1) is 11.8 Å². The lowest BCUT2D eigenvalue weighted by Gasteiger charge is -2.02. The molecule has 0 heterocycles. The minimum absolute atomic E-state index is 0.0505. The first-order valence-corrected chi connectivity index (χ1v) is 4.66. The average molecular weight is 222 g/mol. The Labute approximate surface area is 83.9 Å². The molecule has 0 aromatic rings. The fraction of sp³-hybridized carbons (Fsp3) is 0.500. The van der Waals surface area contributed by atoms with Gasteiger partial charge in [0.25, 0.3) is 5.91 Å². The number of carbonyl (C=O) groups excluding carboxylic acids is 2. The first-order valence-electron chi connectivity index (χ1n) is 3.51. The van der Waals surface area contributed by atoms with Crippen LogP contribution in [0.15, 0.2) is 0 Å². The largest absolute Gasteiger partial charge is 0.481 e. The zero-order valence-corrected chi connectivity index (χ0v) is 8.00. The number of rotatable bonds is 7. The standard InChI is InChI=1S/C6H10N2O5S/c7-4(9)1-13-8-5(10)2-14-3-6(11)12/h1-3H2,(H2,7,9)(H,8,10)(H,11,12). The maximum absolute atomic E-state index is 10.8. The van der Waals surface area contributed by atoms with Gasteiger partial charge in [0.2, 0.25) is 5.91 Å². The maximum Gasteiger partial charge on any atom is 0.313 e. The zero-order valence-electron chi connectivity index (χ0n) is 7.19. The van der Waals surface area contributed by atoms with Gasteiger partial charge in [0.05, 0.1) is 11.5 Å². The Balaban J connectivity index is 3.37. The molecule has 8 heteroatoms. The third-order valence-electron chi connectivity index (χ3n) is 0.859. The summed E-state index contributed by atoms with van der Waals surface area (Å²) in [5.41, 5.74) is 6.65. The van der Waals surface area contributed by atoms with E-state index in [0.717, 1.165) is 11.8 Å². The minimum atomic E-state index is -0.999. The number of thioether (sulfide) groups is 1.